The Labute approximate surface area is 158 Å². The number of hydrogen-bond acceptors (Lipinski definition) is 6. The maximum Gasteiger partial charge on any atom is 0.322 e. The standard InChI is InChI=1S/C18H16N4O4S/c23-12-7-14(27-13-6-2-4-10-3-1-5-11(10)13)22-17(20-9-21-22)16(12)18(26)19-8-15(24)25/h2,4,6-7,9,23H,1,3,5,8H2,(H,19,26)(H,24,25). The van der Waals surface area contributed by atoms with Gasteiger partial charge in [0.25, 0.3) is 5.91 Å². The number of rotatable bonds is 5. The normalized spacial score (nSPS) is 12.9. The lowest BCUT2D eigenvalue weighted by atomic mass is 10.1. The first-order chi connectivity index (χ1) is 13.0. The predicted molar refractivity (Wildman–Crippen MR) is 97.2 cm³/mol. The van der Waals surface area contributed by atoms with Gasteiger partial charge in [-0.05, 0) is 36.5 Å². The number of carbonyl (C=O) groups excluding carboxylic acids is 1. The maximum absolute atomic E-state index is 12.3. The molecule has 0 saturated heterocycles. The Morgan fingerprint density at radius 3 is 2.96 bits per heavy atom. The zero-order valence-corrected chi connectivity index (χ0v) is 15.0. The topological polar surface area (TPSA) is 117 Å². The Kier molecular flexibility index (Phi) is 4.44. The summed E-state index contributed by atoms with van der Waals surface area (Å²) in [6.07, 6.45) is 4.50. The van der Waals surface area contributed by atoms with Gasteiger partial charge in [-0.3, -0.25) is 9.59 Å². The number of pyridine rings is 1. The minimum Gasteiger partial charge on any atom is -0.507 e. The van der Waals surface area contributed by atoms with Crippen LogP contribution in [0.2, 0.25) is 0 Å². The molecule has 2 heterocycles. The van der Waals surface area contributed by atoms with Gasteiger partial charge in [0.05, 0.1) is 0 Å². The van der Waals surface area contributed by atoms with E-state index in [4.69, 9.17) is 5.11 Å². The molecule has 0 atom stereocenters. The summed E-state index contributed by atoms with van der Waals surface area (Å²) in [5, 5.41) is 26.2. The van der Waals surface area contributed by atoms with Gasteiger partial charge in [0.1, 0.15) is 29.2 Å². The Balaban J connectivity index is 1.73. The number of hydrogen-bond donors (Lipinski definition) is 3. The van der Waals surface area contributed by atoms with E-state index < -0.39 is 18.4 Å². The van der Waals surface area contributed by atoms with Crippen LogP contribution in [0.4, 0.5) is 0 Å². The molecule has 0 unspecified atom stereocenters. The van der Waals surface area contributed by atoms with Gasteiger partial charge in [0.15, 0.2) is 5.65 Å². The second-order valence-corrected chi connectivity index (χ2v) is 7.23. The van der Waals surface area contributed by atoms with E-state index in [0.717, 1.165) is 24.2 Å². The molecule has 138 valence electrons. The van der Waals surface area contributed by atoms with Crippen LogP contribution in [0.15, 0.2) is 40.5 Å². The van der Waals surface area contributed by atoms with Crippen LogP contribution in [0, 0.1) is 0 Å². The van der Waals surface area contributed by atoms with Crippen LogP contribution in [0.3, 0.4) is 0 Å². The van der Waals surface area contributed by atoms with Crippen molar-refractivity contribution in [2.45, 2.75) is 29.2 Å². The molecule has 1 aromatic carbocycles. The number of benzene rings is 1. The van der Waals surface area contributed by atoms with Crippen LogP contribution < -0.4 is 5.32 Å². The van der Waals surface area contributed by atoms with Crippen LogP contribution in [-0.4, -0.2) is 43.2 Å². The summed E-state index contributed by atoms with van der Waals surface area (Å²) >= 11 is 1.45. The lowest BCUT2D eigenvalue weighted by Gasteiger charge is -2.12. The molecule has 9 heteroatoms. The number of aromatic hydroxyl groups is 1. The highest BCUT2D eigenvalue weighted by Crippen LogP contribution is 2.38. The average molecular weight is 384 g/mol. The number of carboxylic acid groups (broad SMARTS) is 1. The quantitative estimate of drug-likeness (QED) is 0.615. The first-order valence-electron chi connectivity index (χ1n) is 8.39. The highest BCUT2D eigenvalue weighted by molar-refractivity contribution is 7.99. The van der Waals surface area contributed by atoms with Crippen molar-refractivity contribution in [3.05, 3.63) is 47.3 Å². The van der Waals surface area contributed by atoms with E-state index in [0.29, 0.717) is 5.03 Å². The summed E-state index contributed by atoms with van der Waals surface area (Å²) < 4.78 is 1.48. The lowest BCUT2D eigenvalue weighted by Crippen LogP contribution is -2.29. The van der Waals surface area contributed by atoms with E-state index in [2.05, 4.69) is 21.5 Å². The van der Waals surface area contributed by atoms with E-state index in [-0.39, 0.29) is 17.0 Å². The van der Waals surface area contributed by atoms with E-state index in [1.165, 1.54) is 39.8 Å². The molecule has 0 bridgehead atoms. The van der Waals surface area contributed by atoms with Crippen molar-refractivity contribution >= 4 is 29.3 Å². The minimum atomic E-state index is -1.18. The van der Waals surface area contributed by atoms with E-state index in [1.54, 1.807) is 0 Å². The fraction of sp³-hybridized carbons (Fsp3) is 0.222. The molecule has 0 saturated carbocycles. The third-order valence-corrected chi connectivity index (χ3v) is 5.54. The predicted octanol–water partition coefficient (Wildman–Crippen LogP) is 1.89. The molecule has 0 radical (unpaired) electrons. The number of nitrogens with one attached hydrogen (secondary N) is 1. The SMILES string of the molecule is O=C(O)CNC(=O)c1c(O)cc(Sc2cccc3c2CCC3)n2ncnc12. The van der Waals surface area contributed by atoms with Crippen molar-refractivity contribution < 1.29 is 19.8 Å². The van der Waals surface area contributed by atoms with E-state index >= 15 is 0 Å². The molecule has 2 aromatic heterocycles. The summed E-state index contributed by atoms with van der Waals surface area (Å²) in [4.78, 5) is 28.1. The van der Waals surface area contributed by atoms with Gasteiger partial charge in [0, 0.05) is 11.0 Å². The van der Waals surface area contributed by atoms with Crippen LogP contribution >= 0.6 is 11.8 Å². The summed E-state index contributed by atoms with van der Waals surface area (Å²) in [7, 11) is 0. The fourth-order valence-corrected chi connectivity index (χ4v) is 4.38. The van der Waals surface area contributed by atoms with Crippen molar-refractivity contribution in [3.63, 3.8) is 0 Å². The average Bonchev–Trinajstić information content (AvgIpc) is 3.29. The minimum absolute atomic E-state index is 0.101. The second kappa shape index (κ2) is 6.92. The molecule has 0 aliphatic heterocycles. The van der Waals surface area contributed by atoms with Gasteiger partial charge in [0.2, 0.25) is 0 Å². The highest BCUT2D eigenvalue weighted by Gasteiger charge is 2.22. The van der Waals surface area contributed by atoms with Gasteiger partial charge in [-0.15, -0.1) is 0 Å². The maximum atomic E-state index is 12.3. The van der Waals surface area contributed by atoms with Gasteiger partial charge in [-0.2, -0.15) is 5.10 Å². The van der Waals surface area contributed by atoms with Gasteiger partial charge in [-0.25, -0.2) is 9.50 Å². The molecular weight excluding hydrogens is 368 g/mol. The molecule has 0 fully saturated rings. The first kappa shape index (κ1) is 17.3. The summed E-state index contributed by atoms with van der Waals surface area (Å²) in [5.41, 5.74) is 2.71. The number of aryl methyl sites for hydroxylation is 1. The van der Waals surface area contributed by atoms with E-state index in [1.807, 2.05) is 12.1 Å². The van der Waals surface area contributed by atoms with E-state index in [9.17, 15) is 14.7 Å². The van der Waals surface area contributed by atoms with Crippen molar-refractivity contribution in [3.8, 4) is 5.75 Å². The molecule has 3 aromatic rings. The fourth-order valence-electron chi connectivity index (χ4n) is 3.27. The summed E-state index contributed by atoms with van der Waals surface area (Å²) in [6.45, 7) is -0.550. The number of nitrogens with zero attached hydrogens (tertiary/aromatic N) is 3. The Morgan fingerprint density at radius 1 is 1.30 bits per heavy atom. The molecule has 27 heavy (non-hydrogen) atoms. The second-order valence-electron chi connectivity index (χ2n) is 6.16. The Bertz CT molecular complexity index is 1060. The van der Waals surface area contributed by atoms with Crippen molar-refractivity contribution in [1.29, 1.82) is 0 Å². The highest BCUT2D eigenvalue weighted by atomic mass is 32.2. The first-order valence-corrected chi connectivity index (χ1v) is 9.20. The number of fused-ring (bicyclic) bond motifs is 2. The smallest absolute Gasteiger partial charge is 0.322 e. The van der Waals surface area contributed by atoms with Crippen LogP contribution in [0.25, 0.3) is 5.65 Å². The molecule has 4 rings (SSSR count). The molecule has 0 spiro atoms. The summed E-state index contributed by atoms with van der Waals surface area (Å²) in [6, 6.07) is 7.63. The molecule has 1 aliphatic rings. The third-order valence-electron chi connectivity index (χ3n) is 4.44. The van der Waals surface area contributed by atoms with Crippen LogP contribution in [0.1, 0.15) is 27.9 Å². The van der Waals surface area contributed by atoms with Gasteiger partial charge < -0.3 is 15.5 Å². The summed E-state index contributed by atoms with van der Waals surface area (Å²) in [5.74, 6) is -2.16. The molecular formula is C18H16N4O4S. The Morgan fingerprint density at radius 2 is 2.15 bits per heavy atom. The number of carboxylic acids is 1. The zero-order valence-electron chi connectivity index (χ0n) is 14.2. The number of amides is 1. The number of aromatic nitrogens is 3. The molecule has 1 amide bonds. The van der Waals surface area contributed by atoms with Crippen molar-refractivity contribution in [2.75, 3.05) is 6.54 Å². The van der Waals surface area contributed by atoms with Crippen molar-refractivity contribution in [2.24, 2.45) is 0 Å². The molecule has 8 nitrogen and oxygen atoms in total. The molecule has 1 aliphatic carbocycles. The number of carbonyl (C=O) groups is 2. The van der Waals surface area contributed by atoms with Crippen LogP contribution in [-0.2, 0) is 17.6 Å². The van der Waals surface area contributed by atoms with Gasteiger partial charge in [-0.1, -0.05) is 23.9 Å². The zero-order chi connectivity index (χ0) is 19.0. The number of aliphatic carboxylic acids is 1. The largest absolute Gasteiger partial charge is 0.507 e. The lowest BCUT2D eigenvalue weighted by molar-refractivity contribution is -0.135. The molecule has 3 N–H and O–H groups in total. The van der Waals surface area contributed by atoms with Gasteiger partial charge >= 0.3 is 5.97 Å². The monoisotopic (exact) mass is 384 g/mol. The Hall–Kier alpha value is -3.07. The van der Waals surface area contributed by atoms with Crippen LogP contribution in [0.5, 0.6) is 5.75 Å². The van der Waals surface area contributed by atoms with Crippen molar-refractivity contribution in [1.82, 2.24) is 19.9 Å². The third kappa shape index (κ3) is 3.21.